The van der Waals surface area contributed by atoms with Crippen molar-refractivity contribution in [1.82, 2.24) is 10.6 Å². The Labute approximate surface area is 159 Å². The van der Waals surface area contributed by atoms with Gasteiger partial charge in [0.15, 0.2) is 0 Å². The van der Waals surface area contributed by atoms with Crippen molar-refractivity contribution in [2.24, 2.45) is 0 Å². The summed E-state index contributed by atoms with van der Waals surface area (Å²) in [6, 6.07) is 5.19. The van der Waals surface area contributed by atoms with Gasteiger partial charge in [-0.15, -0.1) is 6.42 Å². The first-order chi connectivity index (χ1) is 12.4. The second-order valence-corrected chi connectivity index (χ2v) is 7.50. The third-order valence-electron chi connectivity index (χ3n) is 3.57. The predicted octanol–water partition coefficient (Wildman–Crippen LogP) is 2.24. The van der Waals surface area contributed by atoms with Crippen molar-refractivity contribution in [3.63, 3.8) is 0 Å². The van der Waals surface area contributed by atoms with Crippen LogP contribution in [0.2, 0.25) is 0 Å². The topological polar surface area (TPSA) is 93.7 Å². The number of alkyl carbamates (subject to hydrolysis) is 1. The van der Waals surface area contributed by atoms with Crippen LogP contribution in [0.5, 0.6) is 0 Å². The van der Waals surface area contributed by atoms with Crippen molar-refractivity contribution >= 4 is 18.0 Å². The molecule has 2 N–H and O–H groups in total. The van der Waals surface area contributed by atoms with Gasteiger partial charge in [-0.25, -0.2) is 9.59 Å². The fourth-order valence-electron chi connectivity index (χ4n) is 2.22. The van der Waals surface area contributed by atoms with Gasteiger partial charge in [0, 0.05) is 11.1 Å². The number of esters is 1. The zero-order valence-corrected chi connectivity index (χ0v) is 16.5. The molecule has 0 radical (unpaired) electrons. The lowest BCUT2D eigenvalue weighted by atomic mass is 9.94. The second kappa shape index (κ2) is 8.58. The summed E-state index contributed by atoms with van der Waals surface area (Å²) in [5.74, 6) is 1.25. The van der Waals surface area contributed by atoms with Crippen LogP contribution in [0.1, 0.15) is 50.5 Å². The van der Waals surface area contributed by atoms with Crippen molar-refractivity contribution < 1.29 is 23.9 Å². The Morgan fingerprint density at radius 2 is 1.63 bits per heavy atom. The Balaban J connectivity index is 2.99. The van der Waals surface area contributed by atoms with E-state index in [4.69, 9.17) is 15.9 Å². The first-order valence-corrected chi connectivity index (χ1v) is 8.36. The molecule has 1 unspecified atom stereocenters. The van der Waals surface area contributed by atoms with Gasteiger partial charge < -0.3 is 20.1 Å². The van der Waals surface area contributed by atoms with Crippen LogP contribution in [0.3, 0.4) is 0 Å². The van der Waals surface area contributed by atoms with Crippen LogP contribution in [0.15, 0.2) is 24.3 Å². The van der Waals surface area contributed by atoms with Crippen LogP contribution in [0.4, 0.5) is 4.79 Å². The summed E-state index contributed by atoms with van der Waals surface area (Å²) in [6.07, 6.45) is 4.58. The second-order valence-electron chi connectivity index (χ2n) is 7.50. The van der Waals surface area contributed by atoms with E-state index in [1.807, 2.05) is 0 Å². The summed E-state index contributed by atoms with van der Waals surface area (Å²) in [5.41, 5.74) is -0.939. The van der Waals surface area contributed by atoms with Gasteiger partial charge in [-0.1, -0.05) is 5.92 Å². The lowest BCUT2D eigenvalue weighted by molar-refractivity contribution is -0.144. The Hall–Kier alpha value is -3.01. The third-order valence-corrected chi connectivity index (χ3v) is 3.57. The van der Waals surface area contributed by atoms with Crippen molar-refractivity contribution in [3.8, 4) is 12.3 Å². The van der Waals surface area contributed by atoms with E-state index in [1.165, 1.54) is 7.11 Å². The van der Waals surface area contributed by atoms with Crippen LogP contribution in [-0.4, -0.2) is 42.3 Å². The maximum absolute atomic E-state index is 12.5. The molecular weight excluding hydrogens is 348 g/mol. The van der Waals surface area contributed by atoms with E-state index in [0.29, 0.717) is 11.1 Å². The van der Waals surface area contributed by atoms with Crippen LogP contribution in [0.25, 0.3) is 0 Å². The number of rotatable bonds is 5. The van der Waals surface area contributed by atoms with Crippen LogP contribution in [0, 0.1) is 12.3 Å². The molecule has 0 aliphatic rings. The molecule has 2 amide bonds. The highest BCUT2D eigenvalue weighted by molar-refractivity contribution is 5.97. The molecule has 0 spiro atoms. The first-order valence-electron chi connectivity index (χ1n) is 8.36. The lowest BCUT2D eigenvalue weighted by Gasteiger charge is -2.34. The van der Waals surface area contributed by atoms with Gasteiger partial charge in [0.25, 0.3) is 5.91 Å². The predicted molar refractivity (Wildman–Crippen MR) is 101 cm³/mol. The summed E-state index contributed by atoms with van der Waals surface area (Å²) in [4.78, 5) is 36.9. The van der Waals surface area contributed by atoms with Gasteiger partial charge in [0.1, 0.15) is 11.6 Å². The van der Waals surface area contributed by atoms with Crippen molar-refractivity contribution in [2.45, 2.75) is 51.8 Å². The number of hydrogen-bond acceptors (Lipinski definition) is 5. The number of methoxy groups -OCH3 is 1. The minimum atomic E-state index is -1.18. The monoisotopic (exact) mass is 374 g/mol. The number of hydrogen-bond donors (Lipinski definition) is 2. The molecule has 0 bridgehead atoms. The number of nitrogens with one attached hydrogen (secondary N) is 2. The average molecular weight is 374 g/mol. The van der Waals surface area contributed by atoms with E-state index in [-0.39, 0.29) is 0 Å². The number of carbonyl (C=O) groups is 3. The van der Waals surface area contributed by atoms with Crippen molar-refractivity contribution in [1.29, 1.82) is 0 Å². The van der Waals surface area contributed by atoms with Crippen LogP contribution >= 0.6 is 0 Å². The third kappa shape index (κ3) is 6.66. The standard InChI is InChI=1S/C20H26N2O5/c1-8-13-9-11-14(12-10-13)16(23)21-15(17(24)26-7)20(5,6)22-18(25)27-19(2,3)4/h1,9-12,15H,2-7H3,(H,21,23)(H,22,25). The zero-order valence-electron chi connectivity index (χ0n) is 16.5. The Kier molecular flexibility index (Phi) is 7.00. The molecule has 0 heterocycles. The van der Waals surface area contributed by atoms with E-state index >= 15 is 0 Å². The van der Waals surface area contributed by atoms with E-state index < -0.39 is 35.2 Å². The highest BCUT2D eigenvalue weighted by atomic mass is 16.6. The van der Waals surface area contributed by atoms with E-state index in [1.54, 1.807) is 58.9 Å². The SMILES string of the molecule is C#Cc1ccc(C(=O)NC(C(=O)OC)C(C)(C)NC(=O)OC(C)(C)C)cc1. The zero-order chi connectivity index (χ0) is 20.8. The molecule has 0 fully saturated rings. The fourth-order valence-corrected chi connectivity index (χ4v) is 2.22. The number of benzene rings is 1. The molecule has 1 aromatic rings. The van der Waals surface area contributed by atoms with E-state index in [2.05, 4.69) is 16.6 Å². The van der Waals surface area contributed by atoms with Crippen LogP contribution in [-0.2, 0) is 14.3 Å². The molecule has 7 heteroatoms. The van der Waals surface area contributed by atoms with Gasteiger partial charge >= 0.3 is 12.1 Å². The molecule has 1 atom stereocenters. The Morgan fingerprint density at radius 1 is 1.07 bits per heavy atom. The number of terminal acetylenes is 1. The van der Waals surface area contributed by atoms with Gasteiger partial charge in [0.05, 0.1) is 12.6 Å². The summed E-state index contributed by atoms with van der Waals surface area (Å²) in [7, 11) is 1.20. The summed E-state index contributed by atoms with van der Waals surface area (Å²) in [5, 5.41) is 5.19. The maximum Gasteiger partial charge on any atom is 0.408 e. The minimum Gasteiger partial charge on any atom is -0.467 e. The molecule has 0 aliphatic carbocycles. The molecule has 7 nitrogen and oxygen atoms in total. The number of carbonyl (C=O) groups excluding carboxylic acids is 3. The van der Waals surface area contributed by atoms with Gasteiger partial charge in [-0.2, -0.15) is 0 Å². The first kappa shape index (κ1) is 22.0. The molecule has 0 saturated heterocycles. The highest BCUT2D eigenvalue weighted by Gasteiger charge is 2.39. The number of amides is 2. The van der Waals surface area contributed by atoms with E-state index in [0.717, 1.165) is 0 Å². The Morgan fingerprint density at radius 3 is 2.07 bits per heavy atom. The molecule has 1 rings (SSSR count). The molecular formula is C20H26N2O5. The summed E-state index contributed by atoms with van der Waals surface area (Å²) in [6.45, 7) is 8.33. The summed E-state index contributed by atoms with van der Waals surface area (Å²) >= 11 is 0. The lowest BCUT2D eigenvalue weighted by Crippen LogP contribution is -2.62. The quantitative estimate of drug-likeness (QED) is 0.609. The highest BCUT2D eigenvalue weighted by Crippen LogP contribution is 2.15. The molecule has 0 saturated carbocycles. The molecule has 0 aliphatic heterocycles. The number of ether oxygens (including phenoxy) is 2. The molecule has 1 aromatic carbocycles. The van der Waals surface area contributed by atoms with Crippen LogP contribution < -0.4 is 10.6 Å². The van der Waals surface area contributed by atoms with Gasteiger partial charge in [-0.3, -0.25) is 4.79 Å². The van der Waals surface area contributed by atoms with Crippen molar-refractivity contribution in [3.05, 3.63) is 35.4 Å². The normalized spacial score (nSPS) is 12.3. The van der Waals surface area contributed by atoms with E-state index in [9.17, 15) is 14.4 Å². The maximum atomic E-state index is 12.5. The van der Waals surface area contributed by atoms with Gasteiger partial charge in [0.2, 0.25) is 0 Å². The molecule has 146 valence electrons. The van der Waals surface area contributed by atoms with Gasteiger partial charge in [-0.05, 0) is 58.9 Å². The summed E-state index contributed by atoms with van der Waals surface area (Å²) < 4.78 is 10.0. The Bertz CT molecular complexity index is 739. The minimum absolute atomic E-state index is 0.316. The molecule has 27 heavy (non-hydrogen) atoms. The largest absolute Gasteiger partial charge is 0.467 e. The van der Waals surface area contributed by atoms with Crippen molar-refractivity contribution in [2.75, 3.05) is 7.11 Å². The fraction of sp³-hybridized carbons (Fsp3) is 0.450. The molecule has 0 aromatic heterocycles. The average Bonchev–Trinajstić information content (AvgIpc) is 2.56. The smallest absolute Gasteiger partial charge is 0.408 e.